The van der Waals surface area contributed by atoms with E-state index >= 15 is 0 Å². The molecule has 0 saturated heterocycles. The molecule has 0 unspecified atom stereocenters. The van der Waals surface area contributed by atoms with Crippen LogP contribution in [0.25, 0.3) is 0 Å². The monoisotopic (exact) mass is 281 g/mol. The number of aromatic nitrogens is 1. The molecule has 0 aromatic carbocycles. The zero-order valence-electron chi connectivity index (χ0n) is 11.3. The Morgan fingerprint density at radius 3 is 2.84 bits per heavy atom. The highest BCUT2D eigenvalue weighted by Gasteiger charge is 2.17. The summed E-state index contributed by atoms with van der Waals surface area (Å²) in [7, 11) is 0. The largest absolute Gasteiger partial charge is 0.465 e. The normalized spacial score (nSPS) is 10.0. The van der Waals surface area contributed by atoms with E-state index in [1.807, 2.05) is 11.8 Å². The number of nitrogens with zero attached hydrogens (tertiary/aromatic N) is 2. The number of hydrogen-bond acceptors (Lipinski definition) is 5. The molecule has 0 aliphatic carbocycles. The van der Waals surface area contributed by atoms with E-state index in [2.05, 4.69) is 4.98 Å². The van der Waals surface area contributed by atoms with Gasteiger partial charge >= 0.3 is 5.97 Å². The van der Waals surface area contributed by atoms with Gasteiger partial charge in [-0.05, 0) is 25.5 Å². The molecule has 2 N–H and O–H groups in total. The lowest BCUT2D eigenvalue weighted by Gasteiger charge is -2.24. The summed E-state index contributed by atoms with van der Waals surface area (Å²) < 4.78 is 4.97. The van der Waals surface area contributed by atoms with Crippen LogP contribution in [0.2, 0.25) is 0 Å². The summed E-state index contributed by atoms with van der Waals surface area (Å²) in [6.45, 7) is 5.01. The molecule has 0 radical (unpaired) electrons. The fourth-order valence-corrected chi connectivity index (χ4v) is 1.89. The van der Waals surface area contributed by atoms with Gasteiger partial charge < -0.3 is 15.4 Å². The molecule has 19 heavy (non-hydrogen) atoms. The van der Waals surface area contributed by atoms with E-state index in [9.17, 15) is 4.79 Å². The fourth-order valence-electron chi connectivity index (χ4n) is 1.73. The van der Waals surface area contributed by atoms with Crippen LogP contribution in [-0.4, -0.2) is 35.6 Å². The average molecular weight is 281 g/mol. The van der Waals surface area contributed by atoms with Crippen molar-refractivity contribution in [3.63, 3.8) is 0 Å². The molecule has 0 aliphatic rings. The smallest absolute Gasteiger partial charge is 0.325 e. The van der Waals surface area contributed by atoms with Gasteiger partial charge in [-0.2, -0.15) is 0 Å². The third-order valence-corrected chi connectivity index (χ3v) is 2.69. The third kappa shape index (κ3) is 4.48. The van der Waals surface area contributed by atoms with Crippen LogP contribution >= 0.6 is 12.2 Å². The Labute approximate surface area is 118 Å². The van der Waals surface area contributed by atoms with Gasteiger partial charge in [0.1, 0.15) is 17.4 Å². The Hall–Kier alpha value is -1.69. The highest BCUT2D eigenvalue weighted by molar-refractivity contribution is 7.80. The molecule has 5 nitrogen and oxygen atoms in total. The van der Waals surface area contributed by atoms with Crippen LogP contribution in [-0.2, 0) is 9.53 Å². The maximum Gasteiger partial charge on any atom is 0.325 e. The number of esters is 1. The van der Waals surface area contributed by atoms with E-state index < -0.39 is 0 Å². The Balaban J connectivity index is 2.98. The van der Waals surface area contributed by atoms with E-state index in [-0.39, 0.29) is 17.5 Å². The van der Waals surface area contributed by atoms with Gasteiger partial charge in [-0.3, -0.25) is 4.79 Å². The van der Waals surface area contributed by atoms with E-state index in [1.165, 1.54) is 0 Å². The molecule has 0 atom stereocenters. The molecule has 1 heterocycles. The lowest BCUT2D eigenvalue weighted by Crippen LogP contribution is -2.34. The van der Waals surface area contributed by atoms with Crippen LogP contribution in [0.3, 0.4) is 0 Å². The number of ether oxygens (including phenoxy) is 1. The van der Waals surface area contributed by atoms with Crippen molar-refractivity contribution in [1.29, 1.82) is 0 Å². The van der Waals surface area contributed by atoms with Crippen molar-refractivity contribution in [2.75, 3.05) is 24.6 Å². The highest BCUT2D eigenvalue weighted by atomic mass is 32.1. The molecule has 0 fully saturated rings. The van der Waals surface area contributed by atoms with Gasteiger partial charge in [-0.1, -0.05) is 19.1 Å². The van der Waals surface area contributed by atoms with E-state index in [0.29, 0.717) is 24.5 Å². The minimum absolute atomic E-state index is 0.147. The van der Waals surface area contributed by atoms with Crippen molar-refractivity contribution < 1.29 is 9.53 Å². The summed E-state index contributed by atoms with van der Waals surface area (Å²) >= 11 is 5.01. The number of hydrogen-bond donors (Lipinski definition) is 1. The van der Waals surface area contributed by atoms with Crippen molar-refractivity contribution in [2.45, 2.75) is 20.3 Å². The zero-order chi connectivity index (χ0) is 14.3. The van der Waals surface area contributed by atoms with Crippen molar-refractivity contribution >= 4 is 29.0 Å². The number of anilines is 1. The minimum atomic E-state index is -0.282. The van der Waals surface area contributed by atoms with Gasteiger partial charge in [0.05, 0.1) is 12.2 Å². The second kappa shape index (κ2) is 7.68. The lowest BCUT2D eigenvalue weighted by atomic mass is 10.2. The third-order valence-electron chi connectivity index (χ3n) is 2.47. The average Bonchev–Trinajstić information content (AvgIpc) is 2.38. The van der Waals surface area contributed by atoms with E-state index in [0.717, 1.165) is 6.42 Å². The van der Waals surface area contributed by atoms with Gasteiger partial charge in [0, 0.05) is 12.7 Å². The Morgan fingerprint density at radius 2 is 2.26 bits per heavy atom. The highest BCUT2D eigenvalue weighted by Crippen LogP contribution is 2.17. The van der Waals surface area contributed by atoms with Crippen LogP contribution in [0.1, 0.15) is 25.8 Å². The standard InChI is InChI=1S/C13H19N3O2S/c1-3-8-16(9-11(17)18-4-2)13-10(12(14)19)6-5-7-15-13/h5-7H,3-4,8-9H2,1-2H3,(H2,14,19). The number of nitrogens with two attached hydrogens (primary N) is 1. The summed E-state index contributed by atoms with van der Waals surface area (Å²) in [5, 5.41) is 0. The molecule has 1 rings (SSSR count). The van der Waals surface area contributed by atoms with Crippen molar-refractivity contribution in [1.82, 2.24) is 4.98 Å². The van der Waals surface area contributed by atoms with Crippen LogP contribution < -0.4 is 10.6 Å². The van der Waals surface area contributed by atoms with Crippen molar-refractivity contribution in [3.8, 4) is 0 Å². The van der Waals surface area contributed by atoms with Gasteiger partial charge in [0.2, 0.25) is 0 Å². The minimum Gasteiger partial charge on any atom is -0.465 e. The molecule has 104 valence electrons. The van der Waals surface area contributed by atoms with Crippen LogP contribution in [0, 0.1) is 0 Å². The van der Waals surface area contributed by atoms with E-state index in [4.69, 9.17) is 22.7 Å². The van der Waals surface area contributed by atoms with Crippen LogP contribution in [0.15, 0.2) is 18.3 Å². The summed E-state index contributed by atoms with van der Waals surface area (Å²) in [6.07, 6.45) is 2.54. The SMILES string of the molecule is CCCN(CC(=O)OCC)c1ncccc1C(N)=S. The second-order valence-electron chi connectivity index (χ2n) is 3.97. The van der Waals surface area contributed by atoms with Crippen molar-refractivity contribution in [3.05, 3.63) is 23.9 Å². The van der Waals surface area contributed by atoms with Crippen molar-refractivity contribution in [2.24, 2.45) is 5.73 Å². The molecule has 6 heteroatoms. The zero-order valence-corrected chi connectivity index (χ0v) is 12.1. The number of carbonyl (C=O) groups excluding carboxylic acids is 1. The first kappa shape index (κ1) is 15.4. The first-order valence-corrected chi connectivity index (χ1v) is 6.66. The molecule has 0 bridgehead atoms. The first-order valence-electron chi connectivity index (χ1n) is 6.25. The molecule has 0 amide bonds. The molecular formula is C13H19N3O2S. The Morgan fingerprint density at radius 1 is 1.53 bits per heavy atom. The first-order chi connectivity index (χ1) is 9.10. The van der Waals surface area contributed by atoms with E-state index in [1.54, 1.807) is 25.3 Å². The van der Waals surface area contributed by atoms with Gasteiger partial charge in [-0.25, -0.2) is 4.98 Å². The second-order valence-corrected chi connectivity index (χ2v) is 4.41. The molecule has 0 aliphatic heterocycles. The number of thiocarbonyl (C=S) groups is 1. The number of rotatable bonds is 7. The summed E-state index contributed by atoms with van der Waals surface area (Å²) in [5.41, 5.74) is 6.36. The molecule has 0 saturated carbocycles. The topological polar surface area (TPSA) is 68.5 Å². The van der Waals surface area contributed by atoms with Gasteiger partial charge in [0.25, 0.3) is 0 Å². The molecule has 1 aromatic heterocycles. The van der Waals surface area contributed by atoms with Crippen LogP contribution in [0.5, 0.6) is 0 Å². The molecule has 1 aromatic rings. The Bertz CT molecular complexity index is 451. The molecular weight excluding hydrogens is 262 g/mol. The summed E-state index contributed by atoms with van der Waals surface area (Å²) in [5.74, 6) is 0.348. The lowest BCUT2D eigenvalue weighted by molar-refractivity contribution is -0.141. The van der Waals surface area contributed by atoms with Gasteiger partial charge in [0.15, 0.2) is 0 Å². The van der Waals surface area contributed by atoms with Crippen LogP contribution in [0.4, 0.5) is 5.82 Å². The summed E-state index contributed by atoms with van der Waals surface area (Å²) in [6, 6.07) is 3.57. The predicted octanol–water partition coefficient (Wildman–Crippen LogP) is 1.50. The quantitative estimate of drug-likeness (QED) is 0.603. The summed E-state index contributed by atoms with van der Waals surface area (Å²) in [4.78, 5) is 18.0. The fraction of sp³-hybridized carbons (Fsp3) is 0.462. The van der Waals surface area contributed by atoms with Gasteiger partial charge in [-0.15, -0.1) is 0 Å². The maximum atomic E-state index is 11.6. The number of carbonyl (C=O) groups is 1. The Kier molecular flexibility index (Phi) is 6.21. The maximum absolute atomic E-state index is 11.6. The molecule has 0 spiro atoms. The number of pyridine rings is 1. The predicted molar refractivity (Wildman–Crippen MR) is 79.3 cm³/mol.